The summed E-state index contributed by atoms with van der Waals surface area (Å²) < 4.78 is 6.57. The molecule has 0 bridgehead atoms. The molecule has 1 unspecified atom stereocenters. The molecule has 0 aliphatic rings. The first-order valence-corrected chi connectivity index (χ1v) is 5.05. The first-order valence-electron chi connectivity index (χ1n) is 3.89. The second-order valence-electron chi connectivity index (χ2n) is 2.44. The molecule has 60 valence electrons. The van der Waals surface area contributed by atoms with Gasteiger partial charge in [0.15, 0.2) is 0 Å². The van der Waals surface area contributed by atoms with E-state index >= 15 is 0 Å². The summed E-state index contributed by atoms with van der Waals surface area (Å²) in [7, 11) is 0. The average Bonchev–Trinajstić information content (AvgIpc) is 1.89. The van der Waals surface area contributed by atoms with Crippen molar-refractivity contribution >= 4 is 25.6 Å². The summed E-state index contributed by atoms with van der Waals surface area (Å²) in [5.74, 6) is 0.634. The maximum atomic E-state index is 5.38. The molecule has 0 saturated heterocycles. The molecule has 0 aliphatic heterocycles. The topological polar surface area (TPSA) is 9.23 Å². The van der Waals surface area contributed by atoms with Crippen molar-refractivity contribution in [2.75, 3.05) is 6.61 Å². The van der Waals surface area contributed by atoms with E-state index in [1.807, 2.05) is 28.7 Å². The molecule has 0 N–H and O–H groups in total. The summed E-state index contributed by atoms with van der Waals surface area (Å²) >= 11 is 2.00. The molecule has 10 heavy (non-hydrogen) atoms. The molecule has 1 atom stereocenters. The molecule has 0 amide bonds. The van der Waals surface area contributed by atoms with Crippen molar-refractivity contribution in [3.8, 4) is 0 Å². The van der Waals surface area contributed by atoms with Gasteiger partial charge < -0.3 is 0 Å². The van der Waals surface area contributed by atoms with Crippen LogP contribution in [0.25, 0.3) is 0 Å². The average molecular weight is 256 g/mol. The molecule has 0 aliphatic carbocycles. The third kappa shape index (κ3) is 4.30. The zero-order valence-corrected chi connectivity index (χ0v) is 9.35. The third-order valence-electron chi connectivity index (χ3n) is 1.41. The van der Waals surface area contributed by atoms with Gasteiger partial charge >= 0.3 is 76.4 Å². The van der Waals surface area contributed by atoms with Crippen molar-refractivity contribution in [2.45, 2.75) is 33.6 Å². The van der Waals surface area contributed by atoms with Crippen molar-refractivity contribution in [2.24, 2.45) is 5.92 Å². The predicted molar refractivity (Wildman–Crippen MR) is 46.5 cm³/mol. The van der Waals surface area contributed by atoms with Crippen LogP contribution in [-0.2, 0) is 4.74 Å². The normalized spacial score (nSPS) is 12.7. The van der Waals surface area contributed by atoms with Gasteiger partial charge in [0.2, 0.25) is 0 Å². The molecule has 0 heterocycles. The molecule has 0 aromatic rings. The minimum atomic E-state index is 0.634. The van der Waals surface area contributed by atoms with Crippen LogP contribution in [0.4, 0.5) is 0 Å². The first kappa shape index (κ1) is 10.5. The Kier molecular flexibility index (Phi) is 6.47. The summed E-state index contributed by atoms with van der Waals surface area (Å²) in [4.78, 5) is 0. The molecule has 0 spiro atoms. The molecule has 0 saturated carbocycles. The van der Waals surface area contributed by atoms with Crippen LogP contribution >= 0.6 is 0 Å². The zero-order chi connectivity index (χ0) is 7.98. The van der Waals surface area contributed by atoms with E-state index in [9.17, 15) is 0 Å². The molecule has 0 fully saturated rings. The van der Waals surface area contributed by atoms with Gasteiger partial charge in [0.1, 0.15) is 0 Å². The molecule has 0 aromatic carbocycles. The van der Waals surface area contributed by atoms with E-state index in [-0.39, 0.29) is 0 Å². The maximum absolute atomic E-state index is 5.38. The number of hydrogen-bond donors (Lipinski definition) is 0. The molecule has 0 aromatic heterocycles. The van der Waals surface area contributed by atoms with Gasteiger partial charge in [-0.1, -0.05) is 0 Å². The van der Waals surface area contributed by atoms with Crippen LogP contribution in [0.2, 0.25) is 0 Å². The quantitative estimate of drug-likeness (QED) is 0.681. The van der Waals surface area contributed by atoms with E-state index < -0.39 is 0 Å². The van der Waals surface area contributed by atoms with Crippen molar-refractivity contribution in [1.29, 1.82) is 0 Å². The van der Waals surface area contributed by atoms with Gasteiger partial charge in [-0.2, -0.15) is 0 Å². The molecule has 0 rings (SSSR count). The molecular formula is C8H16OTe. The Balaban J connectivity index is 3.49. The summed E-state index contributed by atoms with van der Waals surface area (Å²) in [6, 6.07) is 0. The van der Waals surface area contributed by atoms with Gasteiger partial charge in [-0.3, -0.25) is 0 Å². The van der Waals surface area contributed by atoms with E-state index in [1.165, 1.54) is 16.6 Å². The predicted octanol–water partition coefficient (Wildman–Crippen LogP) is 1.76. The standard InChI is InChI=1S/C8H16OTe/c1-4-6-7(3)8(10)9-5-2/h7H,4-6H2,1-3H3. The first-order chi connectivity index (χ1) is 4.72. The van der Waals surface area contributed by atoms with Gasteiger partial charge in [0.25, 0.3) is 0 Å². The van der Waals surface area contributed by atoms with Crippen LogP contribution in [0.5, 0.6) is 0 Å². The van der Waals surface area contributed by atoms with Crippen LogP contribution in [0.3, 0.4) is 0 Å². The van der Waals surface area contributed by atoms with Crippen LogP contribution in [0.15, 0.2) is 0 Å². The van der Waals surface area contributed by atoms with Crippen molar-refractivity contribution < 1.29 is 4.74 Å². The van der Waals surface area contributed by atoms with Gasteiger partial charge in [0, 0.05) is 0 Å². The zero-order valence-electron chi connectivity index (χ0n) is 7.02. The molecular weight excluding hydrogens is 240 g/mol. The van der Waals surface area contributed by atoms with E-state index in [4.69, 9.17) is 4.74 Å². The molecule has 1 nitrogen and oxygen atoms in total. The van der Waals surface area contributed by atoms with Crippen molar-refractivity contribution in [3.05, 3.63) is 0 Å². The van der Waals surface area contributed by atoms with Crippen LogP contribution in [-0.4, -0.2) is 32.2 Å². The summed E-state index contributed by atoms with van der Waals surface area (Å²) in [6.07, 6.45) is 2.49. The Hall–Kier alpha value is 0.460. The van der Waals surface area contributed by atoms with Crippen LogP contribution < -0.4 is 0 Å². The Labute approximate surface area is 76.5 Å². The third-order valence-corrected chi connectivity index (χ3v) is 2.90. The Morgan fingerprint density at radius 3 is 2.50 bits per heavy atom. The Morgan fingerprint density at radius 1 is 1.50 bits per heavy atom. The van der Waals surface area contributed by atoms with Gasteiger partial charge in [-0.15, -0.1) is 0 Å². The van der Waals surface area contributed by atoms with Gasteiger partial charge in [-0.05, 0) is 0 Å². The van der Waals surface area contributed by atoms with Crippen LogP contribution in [0.1, 0.15) is 33.6 Å². The second kappa shape index (κ2) is 6.19. The minimum absolute atomic E-state index is 0.634. The fourth-order valence-electron chi connectivity index (χ4n) is 0.835. The van der Waals surface area contributed by atoms with Crippen molar-refractivity contribution in [3.63, 3.8) is 0 Å². The van der Waals surface area contributed by atoms with E-state index in [0.29, 0.717) is 5.92 Å². The van der Waals surface area contributed by atoms with Gasteiger partial charge in [-0.25, -0.2) is 0 Å². The number of hydrogen-bond acceptors (Lipinski definition) is 1. The summed E-state index contributed by atoms with van der Waals surface area (Å²) in [5.41, 5.74) is 0. The van der Waals surface area contributed by atoms with E-state index in [1.54, 1.807) is 0 Å². The number of rotatable bonds is 5. The Bertz CT molecular complexity index is 101. The molecule has 2 heteroatoms. The fourth-order valence-corrected chi connectivity index (χ4v) is 1.51. The summed E-state index contributed by atoms with van der Waals surface area (Å²) in [5, 5.41) is 0. The van der Waals surface area contributed by atoms with Crippen LogP contribution in [0, 0.1) is 5.92 Å². The van der Waals surface area contributed by atoms with Crippen molar-refractivity contribution in [1.82, 2.24) is 0 Å². The second-order valence-corrected chi connectivity index (χ2v) is 3.59. The fraction of sp³-hybridized carbons (Fsp3) is 0.875. The van der Waals surface area contributed by atoms with Gasteiger partial charge in [0.05, 0.1) is 0 Å². The SMILES string of the molecule is CCCC(C)C(=[Te])OCC. The van der Waals surface area contributed by atoms with E-state index in [2.05, 4.69) is 13.8 Å². The Morgan fingerprint density at radius 2 is 2.10 bits per heavy atom. The number of ether oxygens (including phenoxy) is 1. The summed E-state index contributed by atoms with van der Waals surface area (Å²) in [6.45, 7) is 7.26. The molecule has 0 radical (unpaired) electrons. The van der Waals surface area contributed by atoms with E-state index in [0.717, 1.165) is 6.61 Å². The monoisotopic (exact) mass is 258 g/mol.